The molecule has 4 heteroatoms. The largest absolute Gasteiger partial charge is 0.452 e. The van der Waals surface area contributed by atoms with Gasteiger partial charge in [-0.2, -0.15) is 0 Å². The lowest BCUT2D eigenvalue weighted by atomic mass is 10.1. The molecule has 0 bridgehead atoms. The monoisotopic (exact) mass is 308 g/mol. The van der Waals surface area contributed by atoms with Crippen LogP contribution in [0.1, 0.15) is 13.8 Å². The van der Waals surface area contributed by atoms with Crippen molar-refractivity contribution in [1.29, 1.82) is 0 Å². The van der Waals surface area contributed by atoms with Gasteiger partial charge in [0.25, 0.3) is 0 Å². The zero-order chi connectivity index (χ0) is 16.4. The van der Waals surface area contributed by atoms with Crippen LogP contribution in [0.5, 0.6) is 5.75 Å². The van der Waals surface area contributed by atoms with Crippen LogP contribution in [0.25, 0.3) is 22.3 Å². The van der Waals surface area contributed by atoms with Crippen molar-refractivity contribution in [3.8, 4) is 17.1 Å². The highest BCUT2D eigenvalue weighted by Gasteiger charge is 2.21. The number of para-hydroxylation sites is 1. The van der Waals surface area contributed by atoms with Gasteiger partial charge in [-0.15, -0.1) is 0 Å². The fourth-order valence-electron chi connectivity index (χ4n) is 2.22. The molecule has 0 aliphatic carbocycles. The maximum absolute atomic E-state index is 12.7. The van der Waals surface area contributed by atoms with Gasteiger partial charge in [0.15, 0.2) is 5.76 Å². The van der Waals surface area contributed by atoms with Crippen molar-refractivity contribution >= 4 is 16.9 Å². The Morgan fingerprint density at radius 2 is 1.65 bits per heavy atom. The van der Waals surface area contributed by atoms with E-state index in [-0.39, 0.29) is 22.9 Å². The Morgan fingerprint density at radius 3 is 2.35 bits per heavy atom. The van der Waals surface area contributed by atoms with Crippen LogP contribution in [0, 0.1) is 5.92 Å². The summed E-state index contributed by atoms with van der Waals surface area (Å²) < 4.78 is 11.2. The molecule has 0 fully saturated rings. The third-order valence-electron chi connectivity index (χ3n) is 3.47. The number of rotatable bonds is 3. The smallest absolute Gasteiger partial charge is 0.314 e. The van der Waals surface area contributed by atoms with Crippen molar-refractivity contribution in [2.24, 2.45) is 5.92 Å². The quantitative estimate of drug-likeness (QED) is 0.686. The second kappa shape index (κ2) is 6.08. The van der Waals surface area contributed by atoms with Crippen molar-refractivity contribution in [2.75, 3.05) is 0 Å². The van der Waals surface area contributed by atoms with Crippen LogP contribution in [0.2, 0.25) is 0 Å². The van der Waals surface area contributed by atoms with Crippen LogP contribution < -0.4 is 10.2 Å². The molecule has 0 saturated carbocycles. The lowest BCUT2D eigenvalue weighted by molar-refractivity contribution is -0.137. The molecule has 23 heavy (non-hydrogen) atoms. The summed E-state index contributed by atoms with van der Waals surface area (Å²) in [6.45, 7) is 3.43. The van der Waals surface area contributed by atoms with E-state index in [1.165, 1.54) is 0 Å². The van der Waals surface area contributed by atoms with E-state index in [0.717, 1.165) is 0 Å². The first-order valence-electron chi connectivity index (χ1n) is 7.41. The van der Waals surface area contributed by atoms with Gasteiger partial charge < -0.3 is 9.15 Å². The average Bonchev–Trinajstić information content (AvgIpc) is 2.57. The predicted octanol–water partition coefficient (Wildman–Crippen LogP) is 4.02. The first-order valence-corrected chi connectivity index (χ1v) is 7.41. The molecule has 0 amide bonds. The Hall–Kier alpha value is -2.88. The van der Waals surface area contributed by atoms with Gasteiger partial charge in [-0.25, -0.2) is 0 Å². The molecule has 0 atom stereocenters. The van der Waals surface area contributed by atoms with Gasteiger partial charge >= 0.3 is 5.97 Å². The average molecular weight is 308 g/mol. The van der Waals surface area contributed by atoms with Gasteiger partial charge in [0, 0.05) is 5.56 Å². The molecular formula is C19H16O4. The third kappa shape index (κ3) is 2.88. The molecule has 0 spiro atoms. The van der Waals surface area contributed by atoms with Gasteiger partial charge in [0.2, 0.25) is 11.2 Å². The Bertz CT molecular complexity index is 908. The highest BCUT2D eigenvalue weighted by Crippen LogP contribution is 2.31. The molecule has 0 N–H and O–H groups in total. The molecule has 3 rings (SSSR count). The predicted molar refractivity (Wildman–Crippen MR) is 88.4 cm³/mol. The number of esters is 1. The highest BCUT2D eigenvalue weighted by atomic mass is 16.5. The zero-order valence-electron chi connectivity index (χ0n) is 12.9. The first kappa shape index (κ1) is 15.0. The van der Waals surface area contributed by atoms with E-state index in [9.17, 15) is 9.59 Å². The number of hydrogen-bond acceptors (Lipinski definition) is 4. The first-order chi connectivity index (χ1) is 11.1. The number of carbonyl (C=O) groups is 1. The van der Waals surface area contributed by atoms with E-state index in [1.54, 1.807) is 50.2 Å². The summed E-state index contributed by atoms with van der Waals surface area (Å²) in [5.41, 5.74) is 0.794. The Balaban J connectivity index is 2.28. The maximum atomic E-state index is 12.7. The zero-order valence-corrected chi connectivity index (χ0v) is 12.9. The van der Waals surface area contributed by atoms with Gasteiger partial charge in [0.1, 0.15) is 5.58 Å². The molecule has 116 valence electrons. The van der Waals surface area contributed by atoms with Crippen LogP contribution >= 0.6 is 0 Å². The lowest BCUT2D eigenvalue weighted by Gasteiger charge is -2.11. The minimum absolute atomic E-state index is 0.0615. The SMILES string of the molecule is CC(C)C(=O)Oc1c(-c2ccccc2)oc2ccccc2c1=O. The minimum Gasteiger partial charge on any atom is -0.452 e. The number of ether oxygens (including phenoxy) is 1. The van der Waals surface area contributed by atoms with Crippen LogP contribution in [0.15, 0.2) is 63.8 Å². The third-order valence-corrected chi connectivity index (χ3v) is 3.47. The van der Waals surface area contributed by atoms with Crippen LogP contribution in [-0.2, 0) is 4.79 Å². The molecule has 0 radical (unpaired) electrons. The number of fused-ring (bicyclic) bond motifs is 1. The summed E-state index contributed by atoms with van der Waals surface area (Å²) in [6, 6.07) is 16.0. The Labute approximate surface area is 133 Å². The number of benzene rings is 2. The molecule has 1 heterocycles. The van der Waals surface area contributed by atoms with Crippen LogP contribution in [0.3, 0.4) is 0 Å². The molecule has 0 unspecified atom stereocenters. The van der Waals surface area contributed by atoms with E-state index >= 15 is 0 Å². The van der Waals surface area contributed by atoms with Gasteiger partial charge in [-0.05, 0) is 12.1 Å². The lowest BCUT2D eigenvalue weighted by Crippen LogP contribution is -2.20. The highest BCUT2D eigenvalue weighted by molar-refractivity contribution is 5.84. The van der Waals surface area contributed by atoms with E-state index in [0.29, 0.717) is 16.5 Å². The van der Waals surface area contributed by atoms with Gasteiger partial charge in [0.05, 0.1) is 11.3 Å². The molecule has 4 nitrogen and oxygen atoms in total. The topological polar surface area (TPSA) is 56.5 Å². The molecule has 0 aliphatic heterocycles. The van der Waals surface area contributed by atoms with Crippen LogP contribution in [-0.4, -0.2) is 5.97 Å². The second-order valence-electron chi connectivity index (χ2n) is 5.53. The summed E-state index contributed by atoms with van der Waals surface area (Å²) in [6.07, 6.45) is 0. The van der Waals surface area contributed by atoms with Crippen molar-refractivity contribution < 1.29 is 13.9 Å². The van der Waals surface area contributed by atoms with Crippen LogP contribution in [0.4, 0.5) is 0 Å². The van der Waals surface area contributed by atoms with E-state index in [1.807, 2.05) is 18.2 Å². The van der Waals surface area contributed by atoms with Crippen molar-refractivity contribution in [3.05, 3.63) is 64.8 Å². The normalized spacial score (nSPS) is 10.9. The minimum atomic E-state index is -0.468. The van der Waals surface area contributed by atoms with Crippen molar-refractivity contribution in [3.63, 3.8) is 0 Å². The summed E-state index contributed by atoms with van der Waals surface area (Å²) in [7, 11) is 0. The van der Waals surface area contributed by atoms with E-state index in [4.69, 9.17) is 9.15 Å². The standard InChI is InChI=1S/C19H16O4/c1-12(2)19(21)23-18-16(20)14-10-6-7-11-15(14)22-17(18)13-8-4-3-5-9-13/h3-12H,1-2H3. The molecule has 1 aromatic heterocycles. The molecule has 0 saturated heterocycles. The Kier molecular flexibility index (Phi) is 3.98. The summed E-state index contributed by atoms with van der Waals surface area (Å²) in [5, 5.41) is 0.388. The maximum Gasteiger partial charge on any atom is 0.314 e. The van der Waals surface area contributed by atoms with E-state index in [2.05, 4.69) is 0 Å². The van der Waals surface area contributed by atoms with Crippen molar-refractivity contribution in [2.45, 2.75) is 13.8 Å². The molecule has 0 aliphatic rings. The summed E-state index contributed by atoms with van der Waals surface area (Å²) in [4.78, 5) is 24.7. The number of hydrogen-bond donors (Lipinski definition) is 0. The van der Waals surface area contributed by atoms with Crippen molar-refractivity contribution in [1.82, 2.24) is 0 Å². The molecule has 3 aromatic rings. The van der Waals surface area contributed by atoms with Gasteiger partial charge in [-0.1, -0.05) is 56.3 Å². The summed E-state index contributed by atoms with van der Waals surface area (Å²) >= 11 is 0. The van der Waals surface area contributed by atoms with E-state index < -0.39 is 5.97 Å². The number of carbonyl (C=O) groups excluding carboxylic acids is 1. The summed E-state index contributed by atoms with van der Waals surface area (Å²) in [5.74, 6) is -0.605. The molecular weight excluding hydrogens is 292 g/mol. The van der Waals surface area contributed by atoms with Gasteiger partial charge in [-0.3, -0.25) is 9.59 Å². The molecule has 2 aromatic carbocycles. The second-order valence-corrected chi connectivity index (χ2v) is 5.53. The fourth-order valence-corrected chi connectivity index (χ4v) is 2.22. The fraction of sp³-hybridized carbons (Fsp3) is 0.158. The Morgan fingerprint density at radius 1 is 1.00 bits per heavy atom.